The van der Waals surface area contributed by atoms with Crippen LogP contribution in [-0.2, 0) is 0 Å². The van der Waals surface area contributed by atoms with Gasteiger partial charge in [-0.2, -0.15) is 5.26 Å². The summed E-state index contributed by atoms with van der Waals surface area (Å²) in [6.45, 7) is 0. The first-order valence-electron chi connectivity index (χ1n) is 5.62. The Morgan fingerprint density at radius 3 is 2.75 bits per heavy atom. The standard InChI is InChI=1S/C14H9BrFN3O/c15-12-5-4-10(16)7-13(12)19-14(20)18-11-3-1-2-9(6-11)8-17/h1-7H,(H2,18,19,20). The summed E-state index contributed by atoms with van der Waals surface area (Å²) in [4.78, 5) is 11.8. The molecule has 0 aliphatic carbocycles. The maximum atomic E-state index is 13.1. The molecular formula is C14H9BrFN3O. The molecule has 0 saturated carbocycles. The van der Waals surface area contributed by atoms with Crippen molar-refractivity contribution in [3.63, 3.8) is 0 Å². The predicted molar refractivity (Wildman–Crippen MR) is 77.9 cm³/mol. The fourth-order valence-electron chi connectivity index (χ4n) is 1.54. The van der Waals surface area contributed by atoms with E-state index < -0.39 is 11.8 Å². The van der Waals surface area contributed by atoms with Crippen LogP contribution in [0.3, 0.4) is 0 Å². The summed E-state index contributed by atoms with van der Waals surface area (Å²) in [5, 5.41) is 13.9. The molecule has 100 valence electrons. The summed E-state index contributed by atoms with van der Waals surface area (Å²) in [6.07, 6.45) is 0. The fraction of sp³-hybridized carbons (Fsp3) is 0. The van der Waals surface area contributed by atoms with Crippen LogP contribution in [-0.4, -0.2) is 6.03 Å². The van der Waals surface area contributed by atoms with Gasteiger partial charge >= 0.3 is 6.03 Å². The highest BCUT2D eigenvalue weighted by molar-refractivity contribution is 9.10. The second-order valence-corrected chi connectivity index (χ2v) is 4.75. The highest BCUT2D eigenvalue weighted by Crippen LogP contribution is 2.23. The van der Waals surface area contributed by atoms with Gasteiger partial charge in [-0.15, -0.1) is 0 Å². The van der Waals surface area contributed by atoms with E-state index in [0.29, 0.717) is 21.4 Å². The molecule has 0 fully saturated rings. The van der Waals surface area contributed by atoms with E-state index in [1.165, 1.54) is 18.2 Å². The van der Waals surface area contributed by atoms with Gasteiger partial charge in [0.05, 0.1) is 17.3 Å². The van der Waals surface area contributed by atoms with Gasteiger partial charge in [-0.05, 0) is 52.3 Å². The molecule has 0 aliphatic rings. The Kier molecular flexibility index (Phi) is 4.33. The van der Waals surface area contributed by atoms with Crippen LogP contribution < -0.4 is 10.6 Å². The Morgan fingerprint density at radius 2 is 2.00 bits per heavy atom. The Labute approximate surface area is 123 Å². The summed E-state index contributed by atoms with van der Waals surface area (Å²) in [5.41, 5.74) is 1.24. The van der Waals surface area contributed by atoms with E-state index >= 15 is 0 Å². The Bertz CT molecular complexity index is 697. The number of halogens is 2. The van der Waals surface area contributed by atoms with E-state index in [1.54, 1.807) is 24.3 Å². The van der Waals surface area contributed by atoms with E-state index in [4.69, 9.17) is 5.26 Å². The minimum atomic E-state index is -0.522. The highest BCUT2D eigenvalue weighted by Gasteiger charge is 2.07. The van der Waals surface area contributed by atoms with Crippen molar-refractivity contribution in [1.82, 2.24) is 0 Å². The first-order chi connectivity index (χ1) is 9.58. The zero-order valence-electron chi connectivity index (χ0n) is 10.2. The van der Waals surface area contributed by atoms with Gasteiger partial charge in [0.1, 0.15) is 5.82 Å². The lowest BCUT2D eigenvalue weighted by atomic mass is 10.2. The third-order valence-corrected chi connectivity index (χ3v) is 3.12. The van der Waals surface area contributed by atoms with Crippen LogP contribution in [0.5, 0.6) is 0 Å². The number of carbonyl (C=O) groups is 1. The third-order valence-electron chi connectivity index (χ3n) is 2.43. The van der Waals surface area contributed by atoms with Crippen molar-refractivity contribution in [3.8, 4) is 6.07 Å². The van der Waals surface area contributed by atoms with E-state index in [9.17, 15) is 9.18 Å². The van der Waals surface area contributed by atoms with Crippen molar-refractivity contribution in [2.45, 2.75) is 0 Å². The molecule has 2 amide bonds. The van der Waals surface area contributed by atoms with Crippen LogP contribution in [0.15, 0.2) is 46.9 Å². The number of nitriles is 1. The smallest absolute Gasteiger partial charge is 0.308 e. The molecule has 0 radical (unpaired) electrons. The molecule has 0 aromatic heterocycles. The average Bonchev–Trinajstić information content (AvgIpc) is 2.43. The van der Waals surface area contributed by atoms with Gasteiger partial charge in [0.25, 0.3) is 0 Å². The lowest BCUT2D eigenvalue weighted by Crippen LogP contribution is -2.19. The van der Waals surface area contributed by atoms with E-state index in [-0.39, 0.29) is 0 Å². The normalized spacial score (nSPS) is 9.65. The minimum absolute atomic E-state index is 0.318. The second-order valence-electron chi connectivity index (χ2n) is 3.90. The summed E-state index contributed by atoms with van der Waals surface area (Å²) >= 11 is 3.21. The van der Waals surface area contributed by atoms with Crippen molar-refractivity contribution >= 4 is 33.3 Å². The van der Waals surface area contributed by atoms with Crippen LogP contribution in [0.25, 0.3) is 0 Å². The van der Waals surface area contributed by atoms with E-state index in [0.717, 1.165) is 0 Å². The summed E-state index contributed by atoms with van der Waals surface area (Å²) in [7, 11) is 0. The first-order valence-corrected chi connectivity index (χ1v) is 6.41. The maximum absolute atomic E-state index is 13.1. The van der Waals surface area contributed by atoms with Gasteiger partial charge in [0, 0.05) is 10.2 Å². The molecule has 2 N–H and O–H groups in total. The Balaban J connectivity index is 2.09. The summed E-state index contributed by atoms with van der Waals surface area (Å²) < 4.78 is 13.7. The molecule has 0 bridgehead atoms. The van der Waals surface area contributed by atoms with E-state index in [1.807, 2.05) is 6.07 Å². The molecule has 0 heterocycles. The second kappa shape index (κ2) is 6.17. The number of rotatable bonds is 2. The van der Waals surface area contributed by atoms with Gasteiger partial charge in [0.15, 0.2) is 0 Å². The van der Waals surface area contributed by atoms with Crippen LogP contribution in [0.4, 0.5) is 20.6 Å². The molecule has 0 unspecified atom stereocenters. The number of anilines is 2. The SMILES string of the molecule is N#Cc1cccc(NC(=O)Nc2cc(F)ccc2Br)c1. The molecule has 0 atom stereocenters. The molecule has 2 aromatic rings. The molecule has 2 aromatic carbocycles. The number of urea groups is 1. The van der Waals surface area contributed by atoms with Crippen molar-refractivity contribution in [3.05, 3.63) is 58.3 Å². The van der Waals surface area contributed by atoms with Crippen molar-refractivity contribution in [1.29, 1.82) is 5.26 Å². The molecule has 6 heteroatoms. The lowest BCUT2D eigenvalue weighted by Gasteiger charge is -2.09. The zero-order chi connectivity index (χ0) is 14.5. The van der Waals surface area contributed by atoms with Crippen molar-refractivity contribution in [2.75, 3.05) is 10.6 Å². The number of carbonyl (C=O) groups excluding carboxylic acids is 1. The number of amides is 2. The fourth-order valence-corrected chi connectivity index (χ4v) is 1.89. The van der Waals surface area contributed by atoms with Crippen molar-refractivity contribution < 1.29 is 9.18 Å². The molecule has 0 saturated heterocycles. The molecular weight excluding hydrogens is 325 g/mol. The van der Waals surface area contributed by atoms with Gasteiger partial charge in [-0.3, -0.25) is 0 Å². The molecule has 4 nitrogen and oxygen atoms in total. The minimum Gasteiger partial charge on any atom is -0.308 e. The Hall–Kier alpha value is -2.39. The molecule has 2 rings (SSSR count). The summed E-state index contributed by atoms with van der Waals surface area (Å²) in [6, 6.07) is 11.9. The zero-order valence-corrected chi connectivity index (χ0v) is 11.7. The van der Waals surface area contributed by atoms with Crippen LogP contribution in [0.2, 0.25) is 0 Å². The predicted octanol–water partition coefficient (Wildman–Crippen LogP) is 4.10. The quantitative estimate of drug-likeness (QED) is 0.868. The molecule has 20 heavy (non-hydrogen) atoms. The first kappa shape index (κ1) is 14.0. The summed E-state index contributed by atoms with van der Waals surface area (Å²) in [5.74, 6) is -0.449. The highest BCUT2D eigenvalue weighted by atomic mass is 79.9. The lowest BCUT2D eigenvalue weighted by molar-refractivity contribution is 0.262. The Morgan fingerprint density at radius 1 is 1.20 bits per heavy atom. The van der Waals surface area contributed by atoms with Crippen molar-refractivity contribution in [2.24, 2.45) is 0 Å². The van der Waals surface area contributed by atoms with Crippen LogP contribution in [0, 0.1) is 17.1 Å². The molecule has 0 aliphatic heterocycles. The van der Waals surface area contributed by atoms with Gasteiger partial charge in [0.2, 0.25) is 0 Å². The van der Waals surface area contributed by atoms with Crippen LogP contribution >= 0.6 is 15.9 Å². The largest absolute Gasteiger partial charge is 0.323 e. The van der Waals surface area contributed by atoms with Gasteiger partial charge in [-0.25, -0.2) is 9.18 Å². The van der Waals surface area contributed by atoms with Crippen LogP contribution in [0.1, 0.15) is 5.56 Å². The van der Waals surface area contributed by atoms with Gasteiger partial charge < -0.3 is 10.6 Å². The molecule has 0 spiro atoms. The number of benzene rings is 2. The maximum Gasteiger partial charge on any atom is 0.323 e. The number of hydrogen-bond donors (Lipinski definition) is 2. The topological polar surface area (TPSA) is 64.9 Å². The monoisotopic (exact) mass is 333 g/mol. The van der Waals surface area contributed by atoms with Gasteiger partial charge in [-0.1, -0.05) is 6.07 Å². The average molecular weight is 334 g/mol. The number of hydrogen-bond acceptors (Lipinski definition) is 2. The van der Waals surface area contributed by atoms with E-state index in [2.05, 4.69) is 26.6 Å². The number of nitrogens with one attached hydrogen (secondary N) is 2. The number of nitrogens with zero attached hydrogens (tertiary/aromatic N) is 1. The third kappa shape index (κ3) is 3.56.